The van der Waals surface area contributed by atoms with Gasteiger partial charge in [-0.3, -0.25) is 0 Å². The van der Waals surface area contributed by atoms with Gasteiger partial charge in [-0.1, -0.05) is 30.3 Å². The fourth-order valence-electron chi connectivity index (χ4n) is 3.24. The van der Waals surface area contributed by atoms with Crippen LogP contribution in [0.3, 0.4) is 0 Å². The molecule has 0 radical (unpaired) electrons. The van der Waals surface area contributed by atoms with Crippen molar-refractivity contribution in [2.45, 2.75) is 25.7 Å². The molecule has 0 unspecified atom stereocenters. The van der Waals surface area contributed by atoms with Crippen LogP contribution >= 0.6 is 0 Å². The van der Waals surface area contributed by atoms with Crippen molar-refractivity contribution in [2.24, 2.45) is 0 Å². The van der Waals surface area contributed by atoms with Crippen molar-refractivity contribution in [1.29, 1.82) is 0 Å². The van der Waals surface area contributed by atoms with E-state index in [4.69, 9.17) is 0 Å². The predicted molar refractivity (Wildman–Crippen MR) is 96.1 cm³/mol. The van der Waals surface area contributed by atoms with Crippen molar-refractivity contribution >= 4 is 11.4 Å². The Morgan fingerprint density at radius 2 is 1.55 bits per heavy atom. The summed E-state index contributed by atoms with van der Waals surface area (Å²) in [5.74, 6) is 0. The van der Waals surface area contributed by atoms with Gasteiger partial charge in [0.1, 0.15) is 0 Å². The van der Waals surface area contributed by atoms with Crippen LogP contribution in [0.25, 0.3) is 0 Å². The van der Waals surface area contributed by atoms with Crippen molar-refractivity contribution in [2.75, 3.05) is 37.0 Å². The minimum Gasteiger partial charge on any atom is -0.378 e. The molecule has 22 heavy (non-hydrogen) atoms. The number of rotatable bonds is 4. The van der Waals surface area contributed by atoms with Crippen LogP contribution in [-0.4, -0.2) is 27.2 Å². The van der Waals surface area contributed by atoms with E-state index < -0.39 is 0 Å². The van der Waals surface area contributed by atoms with E-state index in [-0.39, 0.29) is 0 Å². The van der Waals surface area contributed by atoms with E-state index in [2.05, 4.69) is 72.4 Å². The first-order valence-electron chi connectivity index (χ1n) is 8.33. The van der Waals surface area contributed by atoms with Gasteiger partial charge in [-0.15, -0.1) is 0 Å². The van der Waals surface area contributed by atoms with Gasteiger partial charge in [-0.25, -0.2) is 0 Å². The molecule has 0 amide bonds. The minimum atomic E-state index is 1.01. The zero-order chi connectivity index (χ0) is 15.4. The first kappa shape index (κ1) is 15.0. The summed E-state index contributed by atoms with van der Waals surface area (Å²) in [6.45, 7) is 2.41. The molecule has 0 aliphatic carbocycles. The molecule has 1 saturated heterocycles. The lowest BCUT2D eigenvalue weighted by Crippen LogP contribution is -2.30. The smallest absolute Gasteiger partial charge is 0.0402 e. The lowest BCUT2D eigenvalue weighted by molar-refractivity contribution is 0.576. The second kappa shape index (κ2) is 6.87. The summed E-state index contributed by atoms with van der Waals surface area (Å²) in [6.07, 6.45) is 5.04. The molecule has 0 bridgehead atoms. The Kier molecular flexibility index (Phi) is 4.67. The van der Waals surface area contributed by atoms with Gasteiger partial charge in [0.2, 0.25) is 0 Å². The summed E-state index contributed by atoms with van der Waals surface area (Å²) in [5, 5.41) is 0. The predicted octanol–water partition coefficient (Wildman–Crippen LogP) is 4.33. The quantitative estimate of drug-likeness (QED) is 0.828. The number of benzene rings is 2. The molecule has 1 aliphatic rings. The molecule has 0 atom stereocenters. The SMILES string of the molecule is CN(C)c1ccc(Cc2ccccc2N2CCCCC2)cc1. The summed E-state index contributed by atoms with van der Waals surface area (Å²) >= 11 is 0. The summed E-state index contributed by atoms with van der Waals surface area (Å²) < 4.78 is 0. The largest absolute Gasteiger partial charge is 0.378 e. The third kappa shape index (κ3) is 3.44. The van der Waals surface area contributed by atoms with E-state index in [1.54, 1.807) is 0 Å². The highest BCUT2D eigenvalue weighted by atomic mass is 15.1. The Bertz CT molecular complexity index is 595. The summed E-state index contributed by atoms with van der Waals surface area (Å²) in [5.41, 5.74) is 5.52. The number of hydrogen-bond donors (Lipinski definition) is 0. The maximum atomic E-state index is 2.56. The highest BCUT2D eigenvalue weighted by Crippen LogP contribution is 2.26. The second-order valence-corrected chi connectivity index (χ2v) is 6.41. The molecule has 0 aromatic heterocycles. The zero-order valence-electron chi connectivity index (χ0n) is 13.8. The zero-order valence-corrected chi connectivity index (χ0v) is 13.8. The van der Waals surface area contributed by atoms with Crippen molar-refractivity contribution < 1.29 is 0 Å². The fourth-order valence-corrected chi connectivity index (χ4v) is 3.24. The maximum absolute atomic E-state index is 2.56. The van der Waals surface area contributed by atoms with Crippen LogP contribution in [0.1, 0.15) is 30.4 Å². The Morgan fingerprint density at radius 1 is 0.864 bits per heavy atom. The summed E-state index contributed by atoms with van der Waals surface area (Å²) in [6, 6.07) is 17.8. The number of nitrogens with zero attached hydrogens (tertiary/aromatic N) is 2. The molecule has 0 spiro atoms. The molecular formula is C20H26N2. The lowest BCUT2D eigenvalue weighted by Gasteiger charge is -2.30. The topological polar surface area (TPSA) is 6.48 Å². The molecule has 1 aliphatic heterocycles. The maximum Gasteiger partial charge on any atom is 0.0402 e. The van der Waals surface area contributed by atoms with Gasteiger partial charge in [-0.05, 0) is 55.0 Å². The Labute approximate surface area is 134 Å². The minimum absolute atomic E-state index is 1.01. The lowest BCUT2D eigenvalue weighted by atomic mass is 10.0. The van der Waals surface area contributed by atoms with Crippen LogP contribution in [0.15, 0.2) is 48.5 Å². The number of anilines is 2. The third-order valence-electron chi connectivity index (χ3n) is 4.54. The molecule has 1 heterocycles. The highest BCUT2D eigenvalue weighted by Gasteiger charge is 2.14. The van der Waals surface area contributed by atoms with Gasteiger partial charge in [0, 0.05) is 38.6 Å². The van der Waals surface area contributed by atoms with E-state index in [1.807, 2.05) is 0 Å². The first-order chi connectivity index (χ1) is 10.7. The Hall–Kier alpha value is -1.96. The van der Waals surface area contributed by atoms with Crippen molar-refractivity contribution in [1.82, 2.24) is 0 Å². The second-order valence-electron chi connectivity index (χ2n) is 6.41. The van der Waals surface area contributed by atoms with Crippen molar-refractivity contribution in [3.63, 3.8) is 0 Å². The number of piperidine rings is 1. The molecule has 3 rings (SSSR count). The monoisotopic (exact) mass is 294 g/mol. The average molecular weight is 294 g/mol. The summed E-state index contributed by atoms with van der Waals surface area (Å²) in [7, 11) is 4.17. The van der Waals surface area contributed by atoms with Crippen molar-refractivity contribution in [3.05, 3.63) is 59.7 Å². The van der Waals surface area contributed by atoms with Crippen LogP contribution in [0.2, 0.25) is 0 Å². The fraction of sp³-hybridized carbons (Fsp3) is 0.400. The van der Waals surface area contributed by atoms with Crippen LogP contribution in [-0.2, 0) is 6.42 Å². The van der Waals surface area contributed by atoms with Crippen LogP contribution in [0, 0.1) is 0 Å². The van der Waals surface area contributed by atoms with Crippen LogP contribution in [0.5, 0.6) is 0 Å². The number of para-hydroxylation sites is 1. The first-order valence-corrected chi connectivity index (χ1v) is 8.33. The Balaban J connectivity index is 1.79. The molecule has 0 N–H and O–H groups in total. The van der Waals surface area contributed by atoms with E-state index in [0.29, 0.717) is 0 Å². The molecule has 2 aromatic rings. The number of hydrogen-bond acceptors (Lipinski definition) is 2. The van der Waals surface area contributed by atoms with Crippen LogP contribution < -0.4 is 9.80 Å². The van der Waals surface area contributed by atoms with Gasteiger partial charge in [0.15, 0.2) is 0 Å². The molecule has 116 valence electrons. The molecule has 2 nitrogen and oxygen atoms in total. The third-order valence-corrected chi connectivity index (χ3v) is 4.54. The van der Waals surface area contributed by atoms with Gasteiger partial charge in [0.05, 0.1) is 0 Å². The Morgan fingerprint density at radius 3 is 2.23 bits per heavy atom. The molecular weight excluding hydrogens is 268 g/mol. The molecule has 0 saturated carbocycles. The van der Waals surface area contributed by atoms with Gasteiger partial charge < -0.3 is 9.80 Å². The van der Waals surface area contributed by atoms with Gasteiger partial charge in [0.25, 0.3) is 0 Å². The van der Waals surface area contributed by atoms with E-state index >= 15 is 0 Å². The van der Waals surface area contributed by atoms with E-state index in [9.17, 15) is 0 Å². The summed E-state index contributed by atoms with van der Waals surface area (Å²) in [4.78, 5) is 4.71. The molecule has 2 aromatic carbocycles. The standard InChI is InChI=1S/C20H26N2/c1-21(2)19-12-10-17(11-13-19)16-18-8-4-5-9-20(18)22-14-6-3-7-15-22/h4-5,8-13H,3,6-7,14-16H2,1-2H3. The highest BCUT2D eigenvalue weighted by molar-refractivity contribution is 5.56. The van der Waals surface area contributed by atoms with Gasteiger partial charge in [-0.2, -0.15) is 0 Å². The molecule has 1 fully saturated rings. The van der Waals surface area contributed by atoms with Crippen LogP contribution in [0.4, 0.5) is 11.4 Å². The van der Waals surface area contributed by atoms with E-state index in [1.165, 1.54) is 54.9 Å². The van der Waals surface area contributed by atoms with E-state index in [0.717, 1.165) is 6.42 Å². The molecule has 2 heteroatoms. The van der Waals surface area contributed by atoms with Gasteiger partial charge >= 0.3 is 0 Å². The van der Waals surface area contributed by atoms with Crippen molar-refractivity contribution in [3.8, 4) is 0 Å². The average Bonchev–Trinajstić information content (AvgIpc) is 2.57. The normalized spacial score (nSPS) is 14.9.